The third-order valence-corrected chi connectivity index (χ3v) is 3.95. The van der Waals surface area contributed by atoms with E-state index in [4.69, 9.17) is 4.74 Å². The van der Waals surface area contributed by atoms with Crippen molar-refractivity contribution in [1.82, 2.24) is 10.7 Å². The molecule has 2 unspecified atom stereocenters. The third kappa shape index (κ3) is 2.27. The number of fused-ring (bicyclic) bond motifs is 1. The van der Waals surface area contributed by atoms with Gasteiger partial charge in [-0.2, -0.15) is 5.10 Å². The van der Waals surface area contributed by atoms with E-state index in [0.29, 0.717) is 5.56 Å². The van der Waals surface area contributed by atoms with Crippen LogP contribution in [-0.4, -0.2) is 35.9 Å². The zero-order valence-electron chi connectivity index (χ0n) is 11.5. The Balaban J connectivity index is 1.99. The molecule has 3 rings (SSSR count). The second kappa shape index (κ2) is 5.21. The Bertz CT molecular complexity index is 616. The van der Waals surface area contributed by atoms with E-state index in [1.165, 1.54) is 13.2 Å². The minimum atomic E-state index is -0.614. The summed E-state index contributed by atoms with van der Waals surface area (Å²) in [4.78, 5) is 10.5. The summed E-state index contributed by atoms with van der Waals surface area (Å²) in [5, 5.41) is 28.5. The normalized spacial score (nSPS) is 24.0. The van der Waals surface area contributed by atoms with Crippen molar-refractivity contribution in [2.75, 3.05) is 20.2 Å². The highest BCUT2D eigenvalue weighted by molar-refractivity contribution is 5.90. The van der Waals surface area contributed by atoms with Gasteiger partial charge in [0.15, 0.2) is 5.75 Å². The summed E-state index contributed by atoms with van der Waals surface area (Å²) in [6, 6.07) is 2.84. The Kier molecular flexibility index (Phi) is 3.38. The van der Waals surface area contributed by atoms with Gasteiger partial charge in [0.1, 0.15) is 0 Å². The summed E-state index contributed by atoms with van der Waals surface area (Å²) in [5.74, 6) is -0.196. The molecule has 0 radical (unpaired) electrons. The monoisotopic (exact) mass is 292 g/mol. The van der Waals surface area contributed by atoms with Crippen molar-refractivity contribution in [2.24, 2.45) is 11.0 Å². The molecular formula is C13H16N4O4. The van der Waals surface area contributed by atoms with Crippen LogP contribution in [0.4, 0.5) is 5.69 Å². The van der Waals surface area contributed by atoms with Crippen molar-refractivity contribution in [3.05, 3.63) is 27.8 Å². The van der Waals surface area contributed by atoms with Crippen molar-refractivity contribution in [2.45, 2.75) is 12.5 Å². The Hall–Kier alpha value is -2.35. The van der Waals surface area contributed by atoms with Gasteiger partial charge >= 0.3 is 5.69 Å². The van der Waals surface area contributed by atoms with E-state index in [-0.39, 0.29) is 23.4 Å². The number of phenols is 1. The van der Waals surface area contributed by atoms with E-state index in [0.717, 1.165) is 25.2 Å². The Morgan fingerprint density at radius 1 is 1.52 bits per heavy atom. The Morgan fingerprint density at radius 3 is 3.05 bits per heavy atom. The first-order valence-corrected chi connectivity index (χ1v) is 6.69. The number of aromatic hydroxyl groups is 1. The Labute approximate surface area is 121 Å². The average Bonchev–Trinajstić information content (AvgIpc) is 2.91. The third-order valence-electron chi connectivity index (χ3n) is 3.95. The molecule has 1 aromatic rings. The molecule has 2 aliphatic heterocycles. The van der Waals surface area contributed by atoms with Gasteiger partial charge < -0.3 is 20.6 Å². The average molecular weight is 292 g/mol. The predicted octanol–water partition coefficient (Wildman–Crippen LogP) is 0.919. The van der Waals surface area contributed by atoms with Crippen LogP contribution in [-0.2, 0) is 0 Å². The fourth-order valence-corrected chi connectivity index (χ4v) is 2.86. The van der Waals surface area contributed by atoms with Crippen molar-refractivity contribution in [3.8, 4) is 11.5 Å². The first-order chi connectivity index (χ1) is 10.1. The number of nitro benzene ring substituents is 1. The Morgan fingerprint density at radius 2 is 2.33 bits per heavy atom. The van der Waals surface area contributed by atoms with Crippen molar-refractivity contribution >= 4 is 11.4 Å². The quantitative estimate of drug-likeness (QED) is 0.564. The summed E-state index contributed by atoms with van der Waals surface area (Å²) in [7, 11) is 1.37. The van der Waals surface area contributed by atoms with Crippen LogP contribution in [0.15, 0.2) is 17.2 Å². The molecule has 0 aromatic heterocycles. The SMILES string of the molecule is COc1cc(C2NN=C3CCNCC32)cc([N+](=O)[O-])c1O. The number of hydrogen-bond acceptors (Lipinski definition) is 7. The summed E-state index contributed by atoms with van der Waals surface area (Å²) >= 11 is 0. The molecule has 1 saturated heterocycles. The maximum atomic E-state index is 11.1. The highest BCUT2D eigenvalue weighted by Crippen LogP contribution is 2.41. The second-order valence-corrected chi connectivity index (χ2v) is 5.12. The minimum absolute atomic E-state index is 0.0956. The summed E-state index contributed by atoms with van der Waals surface area (Å²) in [6.07, 6.45) is 0.867. The van der Waals surface area contributed by atoms with Gasteiger partial charge in [0, 0.05) is 37.2 Å². The van der Waals surface area contributed by atoms with E-state index in [9.17, 15) is 15.2 Å². The number of benzene rings is 1. The van der Waals surface area contributed by atoms with Crippen LogP contribution in [0.3, 0.4) is 0 Å². The number of nitro groups is 1. The lowest BCUT2D eigenvalue weighted by Crippen LogP contribution is -2.38. The van der Waals surface area contributed by atoms with Gasteiger partial charge in [0.2, 0.25) is 5.75 Å². The molecule has 2 aliphatic rings. The minimum Gasteiger partial charge on any atom is -0.500 e. The van der Waals surface area contributed by atoms with Gasteiger partial charge in [-0.1, -0.05) is 0 Å². The molecule has 8 heteroatoms. The number of methoxy groups -OCH3 is 1. The standard InChI is InChI=1S/C13H16N4O4/c1-21-11-5-7(4-10(13(11)18)17(19)20)12-8-6-14-3-2-9(8)15-16-12/h4-5,8,12,14,16,18H,2-3,6H2,1H3. The highest BCUT2D eigenvalue weighted by atomic mass is 16.6. The molecule has 112 valence electrons. The number of hydrogen-bond donors (Lipinski definition) is 3. The first-order valence-electron chi connectivity index (χ1n) is 6.69. The molecule has 21 heavy (non-hydrogen) atoms. The van der Waals surface area contributed by atoms with Crippen LogP contribution in [0, 0.1) is 16.0 Å². The molecule has 8 nitrogen and oxygen atoms in total. The second-order valence-electron chi connectivity index (χ2n) is 5.12. The molecule has 0 aliphatic carbocycles. The van der Waals surface area contributed by atoms with Gasteiger partial charge in [-0.3, -0.25) is 10.1 Å². The number of hydrazone groups is 1. The van der Waals surface area contributed by atoms with Crippen molar-refractivity contribution in [3.63, 3.8) is 0 Å². The molecular weight excluding hydrogens is 276 g/mol. The van der Waals surface area contributed by atoms with E-state index in [2.05, 4.69) is 15.8 Å². The van der Waals surface area contributed by atoms with E-state index < -0.39 is 10.7 Å². The number of nitrogens with one attached hydrogen (secondary N) is 2. The van der Waals surface area contributed by atoms with Crippen LogP contribution in [0.1, 0.15) is 18.0 Å². The topological polar surface area (TPSA) is 109 Å². The molecule has 2 atom stereocenters. The largest absolute Gasteiger partial charge is 0.500 e. The number of phenolic OH excluding ortho intramolecular Hbond substituents is 1. The molecule has 3 N–H and O–H groups in total. The number of nitrogens with zero attached hydrogens (tertiary/aromatic N) is 2. The van der Waals surface area contributed by atoms with Gasteiger partial charge in [-0.15, -0.1) is 0 Å². The number of rotatable bonds is 3. The van der Waals surface area contributed by atoms with Crippen LogP contribution in [0.25, 0.3) is 0 Å². The number of ether oxygens (including phenoxy) is 1. The summed E-state index contributed by atoms with van der Waals surface area (Å²) in [6.45, 7) is 1.66. The summed E-state index contributed by atoms with van der Waals surface area (Å²) in [5.41, 5.74) is 4.44. The lowest BCUT2D eigenvalue weighted by Gasteiger charge is -2.25. The van der Waals surface area contributed by atoms with Crippen LogP contribution in [0.2, 0.25) is 0 Å². The fraction of sp³-hybridized carbons (Fsp3) is 0.462. The predicted molar refractivity (Wildman–Crippen MR) is 75.6 cm³/mol. The van der Waals surface area contributed by atoms with Crippen molar-refractivity contribution < 1.29 is 14.8 Å². The van der Waals surface area contributed by atoms with Crippen molar-refractivity contribution in [1.29, 1.82) is 0 Å². The van der Waals surface area contributed by atoms with E-state index >= 15 is 0 Å². The molecule has 0 saturated carbocycles. The zero-order chi connectivity index (χ0) is 15.0. The summed E-state index contributed by atoms with van der Waals surface area (Å²) < 4.78 is 5.04. The molecule has 1 fully saturated rings. The highest BCUT2D eigenvalue weighted by Gasteiger charge is 2.36. The molecule has 1 aromatic carbocycles. The fourth-order valence-electron chi connectivity index (χ4n) is 2.86. The smallest absolute Gasteiger partial charge is 0.315 e. The maximum Gasteiger partial charge on any atom is 0.315 e. The van der Waals surface area contributed by atoms with Crippen LogP contribution < -0.4 is 15.5 Å². The maximum absolute atomic E-state index is 11.1. The molecule has 0 bridgehead atoms. The van der Waals surface area contributed by atoms with Gasteiger partial charge in [-0.05, 0) is 11.6 Å². The van der Waals surface area contributed by atoms with E-state index in [1.807, 2.05) is 0 Å². The van der Waals surface area contributed by atoms with Crippen LogP contribution in [0.5, 0.6) is 11.5 Å². The van der Waals surface area contributed by atoms with Gasteiger partial charge in [0.25, 0.3) is 0 Å². The lowest BCUT2D eigenvalue weighted by atomic mass is 9.87. The molecule has 0 amide bonds. The van der Waals surface area contributed by atoms with E-state index in [1.54, 1.807) is 6.07 Å². The first kappa shape index (κ1) is 13.6. The van der Waals surface area contributed by atoms with Gasteiger partial charge in [-0.25, -0.2) is 0 Å². The van der Waals surface area contributed by atoms with Crippen LogP contribution >= 0.6 is 0 Å². The number of piperidine rings is 1. The molecule has 2 heterocycles. The van der Waals surface area contributed by atoms with Gasteiger partial charge in [0.05, 0.1) is 18.1 Å². The zero-order valence-corrected chi connectivity index (χ0v) is 11.5. The lowest BCUT2D eigenvalue weighted by molar-refractivity contribution is -0.386. The molecule has 0 spiro atoms.